The van der Waals surface area contributed by atoms with Crippen LogP contribution in [0.25, 0.3) is 33.1 Å². The molecule has 0 aliphatic heterocycles. The molecule has 1 nitrogen and oxygen atoms in total. The maximum atomic E-state index is 5.92. The van der Waals surface area contributed by atoms with Crippen LogP contribution in [-0.2, 0) is 6.42 Å². The van der Waals surface area contributed by atoms with E-state index in [1.807, 2.05) is 12.1 Å². The van der Waals surface area contributed by atoms with Crippen molar-refractivity contribution in [3.63, 3.8) is 0 Å². The summed E-state index contributed by atoms with van der Waals surface area (Å²) in [5.74, 6) is 0. The molecule has 4 aromatic rings. The summed E-state index contributed by atoms with van der Waals surface area (Å²) in [4.78, 5) is 0. The Bertz CT molecular complexity index is 998. The first kappa shape index (κ1) is 15.0. The summed E-state index contributed by atoms with van der Waals surface area (Å²) in [6.45, 7) is 6.83. The molecule has 0 unspecified atom stereocenters. The molecular weight excluding hydrogens is 292 g/mol. The quantitative estimate of drug-likeness (QED) is 0.394. The Hall–Kier alpha value is -2.54. The summed E-state index contributed by atoms with van der Waals surface area (Å²) in [6, 6.07) is 23.6. The van der Waals surface area contributed by atoms with E-state index < -0.39 is 0 Å². The van der Waals surface area contributed by atoms with Crippen molar-refractivity contribution in [2.45, 2.75) is 27.2 Å². The molecule has 0 aliphatic carbocycles. The van der Waals surface area contributed by atoms with Crippen LogP contribution in [0, 0.1) is 5.41 Å². The predicted octanol–water partition coefficient (Wildman–Crippen LogP) is 6.84. The Labute approximate surface area is 142 Å². The van der Waals surface area contributed by atoms with Crippen molar-refractivity contribution in [1.29, 1.82) is 0 Å². The van der Waals surface area contributed by atoms with Crippen LogP contribution in [0.15, 0.2) is 71.1 Å². The van der Waals surface area contributed by atoms with Crippen LogP contribution in [-0.4, -0.2) is 0 Å². The van der Waals surface area contributed by atoms with Crippen molar-refractivity contribution < 1.29 is 4.42 Å². The smallest absolute Gasteiger partial charge is 0.135 e. The molecule has 0 saturated heterocycles. The van der Waals surface area contributed by atoms with E-state index in [0.717, 1.165) is 17.6 Å². The SMILES string of the molecule is CC(C)(C)Cc1ccc(-c2ccc3oc4ccccc4c3c2)cc1. The lowest BCUT2D eigenvalue weighted by atomic mass is 9.87. The zero-order valence-corrected chi connectivity index (χ0v) is 14.5. The summed E-state index contributed by atoms with van der Waals surface area (Å²) in [5, 5.41) is 2.36. The number of benzene rings is 3. The van der Waals surface area contributed by atoms with Gasteiger partial charge in [0.15, 0.2) is 0 Å². The fourth-order valence-corrected chi connectivity index (χ4v) is 3.33. The average Bonchev–Trinajstić information content (AvgIpc) is 2.92. The van der Waals surface area contributed by atoms with Crippen molar-refractivity contribution in [2.75, 3.05) is 0 Å². The Morgan fingerprint density at radius 2 is 1.38 bits per heavy atom. The standard InChI is InChI=1S/C23H22O/c1-23(2,3)15-16-8-10-17(11-9-16)18-12-13-22-20(14-18)19-6-4-5-7-21(19)24-22/h4-14H,15H2,1-3H3. The molecule has 1 heteroatoms. The Kier molecular flexibility index (Phi) is 3.45. The molecule has 0 saturated carbocycles. The molecule has 0 N–H and O–H groups in total. The molecule has 0 aliphatic rings. The van der Waals surface area contributed by atoms with E-state index >= 15 is 0 Å². The van der Waals surface area contributed by atoms with Crippen molar-refractivity contribution in [3.05, 3.63) is 72.3 Å². The third-order valence-corrected chi connectivity index (χ3v) is 4.40. The number of hydrogen-bond acceptors (Lipinski definition) is 1. The Morgan fingerprint density at radius 1 is 0.708 bits per heavy atom. The average molecular weight is 314 g/mol. The van der Waals surface area contributed by atoms with Gasteiger partial charge in [0.25, 0.3) is 0 Å². The molecule has 0 bridgehead atoms. The third kappa shape index (κ3) is 2.82. The van der Waals surface area contributed by atoms with Crippen molar-refractivity contribution in [1.82, 2.24) is 0 Å². The normalized spacial score (nSPS) is 12.1. The zero-order chi connectivity index (χ0) is 16.7. The van der Waals surface area contributed by atoms with Crippen molar-refractivity contribution >= 4 is 21.9 Å². The summed E-state index contributed by atoms with van der Waals surface area (Å²) in [7, 11) is 0. The monoisotopic (exact) mass is 314 g/mol. The van der Waals surface area contributed by atoms with Crippen LogP contribution >= 0.6 is 0 Å². The minimum absolute atomic E-state index is 0.316. The van der Waals surface area contributed by atoms with E-state index in [1.54, 1.807) is 0 Å². The lowest BCUT2D eigenvalue weighted by molar-refractivity contribution is 0.411. The molecule has 0 amide bonds. The van der Waals surface area contributed by atoms with Gasteiger partial charge in [-0.2, -0.15) is 0 Å². The topological polar surface area (TPSA) is 13.1 Å². The van der Waals surface area contributed by atoms with Crippen LogP contribution in [0.5, 0.6) is 0 Å². The fourth-order valence-electron chi connectivity index (χ4n) is 3.33. The maximum Gasteiger partial charge on any atom is 0.135 e. The fraction of sp³-hybridized carbons (Fsp3) is 0.217. The summed E-state index contributed by atoms with van der Waals surface area (Å²) >= 11 is 0. The molecule has 120 valence electrons. The molecule has 1 aromatic heterocycles. The van der Waals surface area contributed by atoms with Gasteiger partial charge in [-0.15, -0.1) is 0 Å². The number of fused-ring (bicyclic) bond motifs is 3. The summed E-state index contributed by atoms with van der Waals surface area (Å²) in [5.41, 5.74) is 6.09. The predicted molar refractivity (Wildman–Crippen MR) is 102 cm³/mol. The maximum absolute atomic E-state index is 5.92. The van der Waals surface area contributed by atoms with Gasteiger partial charge >= 0.3 is 0 Å². The first-order valence-corrected chi connectivity index (χ1v) is 8.50. The molecule has 3 aromatic carbocycles. The second-order valence-electron chi connectivity index (χ2n) is 7.74. The third-order valence-electron chi connectivity index (χ3n) is 4.40. The van der Waals surface area contributed by atoms with E-state index in [4.69, 9.17) is 4.42 Å². The van der Waals surface area contributed by atoms with Gasteiger partial charge < -0.3 is 4.42 Å². The molecule has 0 atom stereocenters. The van der Waals surface area contributed by atoms with Crippen molar-refractivity contribution in [2.24, 2.45) is 5.41 Å². The summed E-state index contributed by atoms with van der Waals surface area (Å²) in [6.07, 6.45) is 1.10. The van der Waals surface area contributed by atoms with Gasteiger partial charge in [0.1, 0.15) is 11.2 Å². The van der Waals surface area contributed by atoms with E-state index in [-0.39, 0.29) is 0 Å². The highest BCUT2D eigenvalue weighted by Gasteiger charge is 2.12. The Balaban J connectivity index is 1.74. The van der Waals surface area contributed by atoms with E-state index in [1.165, 1.54) is 27.5 Å². The minimum atomic E-state index is 0.316. The summed E-state index contributed by atoms with van der Waals surface area (Å²) < 4.78 is 5.92. The molecule has 0 fully saturated rings. The van der Waals surface area contributed by atoms with Crippen LogP contribution < -0.4 is 0 Å². The molecule has 0 spiro atoms. The Morgan fingerprint density at radius 3 is 2.12 bits per heavy atom. The van der Waals surface area contributed by atoms with Gasteiger partial charge in [-0.05, 0) is 46.7 Å². The van der Waals surface area contributed by atoms with E-state index in [0.29, 0.717) is 5.41 Å². The van der Waals surface area contributed by atoms with Crippen LogP contribution in [0.1, 0.15) is 26.3 Å². The van der Waals surface area contributed by atoms with Gasteiger partial charge in [0, 0.05) is 10.8 Å². The molecule has 0 radical (unpaired) electrons. The highest BCUT2D eigenvalue weighted by Crippen LogP contribution is 2.32. The van der Waals surface area contributed by atoms with Crippen LogP contribution in [0.2, 0.25) is 0 Å². The molecular formula is C23H22O. The first-order valence-electron chi connectivity index (χ1n) is 8.50. The highest BCUT2D eigenvalue weighted by molar-refractivity contribution is 6.06. The van der Waals surface area contributed by atoms with Crippen LogP contribution in [0.4, 0.5) is 0 Å². The highest BCUT2D eigenvalue weighted by atomic mass is 16.3. The lowest BCUT2D eigenvalue weighted by Gasteiger charge is -2.18. The van der Waals surface area contributed by atoms with Gasteiger partial charge in [-0.3, -0.25) is 0 Å². The number of rotatable bonds is 2. The van der Waals surface area contributed by atoms with E-state index in [9.17, 15) is 0 Å². The first-order chi connectivity index (χ1) is 11.5. The van der Waals surface area contributed by atoms with Crippen LogP contribution in [0.3, 0.4) is 0 Å². The van der Waals surface area contributed by atoms with Gasteiger partial charge in [-0.1, -0.05) is 69.3 Å². The number of para-hydroxylation sites is 1. The number of furan rings is 1. The molecule has 24 heavy (non-hydrogen) atoms. The second kappa shape index (κ2) is 5.52. The van der Waals surface area contributed by atoms with Gasteiger partial charge in [0.05, 0.1) is 0 Å². The van der Waals surface area contributed by atoms with E-state index in [2.05, 4.69) is 75.4 Å². The minimum Gasteiger partial charge on any atom is -0.456 e. The van der Waals surface area contributed by atoms with Crippen molar-refractivity contribution in [3.8, 4) is 11.1 Å². The van der Waals surface area contributed by atoms with Gasteiger partial charge in [-0.25, -0.2) is 0 Å². The molecule has 4 rings (SSSR count). The van der Waals surface area contributed by atoms with Gasteiger partial charge in [0.2, 0.25) is 0 Å². The molecule has 1 heterocycles. The second-order valence-corrected chi connectivity index (χ2v) is 7.74. The largest absolute Gasteiger partial charge is 0.456 e. The number of hydrogen-bond donors (Lipinski definition) is 0. The lowest BCUT2D eigenvalue weighted by Crippen LogP contribution is -2.08. The zero-order valence-electron chi connectivity index (χ0n) is 14.5.